The molecule has 3 heterocycles. The van der Waals surface area contributed by atoms with Crippen molar-refractivity contribution in [3.05, 3.63) is 23.2 Å². The SMILES string of the molecule is Cc1cc(C(=O)N2CCC(C(=O)N3CCOCC3)CC2)c(C)o1. The first-order chi connectivity index (χ1) is 11.1. The number of piperidine rings is 1. The number of amides is 2. The molecule has 0 radical (unpaired) electrons. The van der Waals surface area contributed by atoms with Gasteiger partial charge in [0.15, 0.2) is 0 Å². The number of hydrogen-bond donors (Lipinski definition) is 0. The lowest BCUT2D eigenvalue weighted by molar-refractivity contribution is -0.141. The molecular weight excluding hydrogens is 296 g/mol. The maximum Gasteiger partial charge on any atom is 0.257 e. The molecule has 0 N–H and O–H groups in total. The molecule has 2 saturated heterocycles. The lowest BCUT2D eigenvalue weighted by atomic mass is 9.94. The van der Waals surface area contributed by atoms with Crippen molar-refractivity contribution in [3.8, 4) is 0 Å². The molecule has 1 aromatic rings. The number of morpholine rings is 1. The Bertz CT molecular complexity index is 581. The molecule has 2 aliphatic heterocycles. The van der Waals surface area contributed by atoms with Gasteiger partial charge in [-0.1, -0.05) is 0 Å². The molecule has 0 unspecified atom stereocenters. The number of nitrogens with zero attached hydrogens (tertiary/aromatic N) is 2. The van der Waals surface area contributed by atoms with E-state index < -0.39 is 0 Å². The summed E-state index contributed by atoms with van der Waals surface area (Å²) < 4.78 is 10.7. The van der Waals surface area contributed by atoms with Crippen molar-refractivity contribution in [3.63, 3.8) is 0 Å². The second kappa shape index (κ2) is 6.74. The molecular formula is C17H24N2O4. The third kappa shape index (κ3) is 3.42. The highest BCUT2D eigenvalue weighted by atomic mass is 16.5. The number of aryl methyl sites for hydroxylation is 2. The molecule has 0 bridgehead atoms. The van der Waals surface area contributed by atoms with E-state index in [1.165, 1.54) is 0 Å². The van der Waals surface area contributed by atoms with Crippen LogP contribution in [0.1, 0.15) is 34.7 Å². The van der Waals surface area contributed by atoms with E-state index in [9.17, 15) is 9.59 Å². The van der Waals surface area contributed by atoms with Gasteiger partial charge in [0.1, 0.15) is 11.5 Å². The molecule has 2 amide bonds. The largest absolute Gasteiger partial charge is 0.466 e. The van der Waals surface area contributed by atoms with Crippen molar-refractivity contribution in [2.45, 2.75) is 26.7 Å². The normalized spacial score (nSPS) is 19.9. The first kappa shape index (κ1) is 16.1. The average molecular weight is 320 g/mol. The van der Waals surface area contributed by atoms with E-state index in [4.69, 9.17) is 9.15 Å². The van der Waals surface area contributed by atoms with Gasteiger partial charge in [0.25, 0.3) is 5.91 Å². The zero-order valence-electron chi connectivity index (χ0n) is 13.8. The summed E-state index contributed by atoms with van der Waals surface area (Å²) in [6.45, 7) is 7.54. The first-order valence-corrected chi connectivity index (χ1v) is 8.29. The number of likely N-dealkylation sites (tertiary alicyclic amines) is 1. The minimum atomic E-state index is 0.0108. The number of ether oxygens (including phenoxy) is 1. The highest BCUT2D eigenvalue weighted by molar-refractivity contribution is 5.95. The smallest absolute Gasteiger partial charge is 0.257 e. The topological polar surface area (TPSA) is 63.0 Å². The van der Waals surface area contributed by atoms with Gasteiger partial charge in [0, 0.05) is 32.1 Å². The summed E-state index contributed by atoms with van der Waals surface area (Å²) in [7, 11) is 0. The van der Waals surface area contributed by atoms with E-state index in [0.29, 0.717) is 50.7 Å². The summed E-state index contributed by atoms with van der Waals surface area (Å²) in [4.78, 5) is 28.8. The van der Waals surface area contributed by atoms with Crippen LogP contribution in [0, 0.1) is 19.8 Å². The van der Waals surface area contributed by atoms with E-state index in [0.717, 1.165) is 18.6 Å². The van der Waals surface area contributed by atoms with Gasteiger partial charge in [-0.2, -0.15) is 0 Å². The molecule has 6 heteroatoms. The van der Waals surface area contributed by atoms with Crippen molar-refractivity contribution in [2.75, 3.05) is 39.4 Å². The predicted octanol–water partition coefficient (Wildman–Crippen LogP) is 1.61. The summed E-state index contributed by atoms with van der Waals surface area (Å²) in [6.07, 6.45) is 1.47. The van der Waals surface area contributed by atoms with Gasteiger partial charge >= 0.3 is 0 Å². The Kier molecular flexibility index (Phi) is 4.71. The van der Waals surface area contributed by atoms with Gasteiger partial charge in [0.05, 0.1) is 18.8 Å². The molecule has 0 aliphatic carbocycles. The molecule has 0 atom stereocenters. The highest BCUT2D eigenvalue weighted by Gasteiger charge is 2.31. The number of furan rings is 1. The molecule has 0 saturated carbocycles. The maximum atomic E-state index is 12.6. The fourth-order valence-corrected chi connectivity index (χ4v) is 3.38. The molecule has 3 rings (SSSR count). The van der Waals surface area contributed by atoms with Crippen LogP contribution < -0.4 is 0 Å². The van der Waals surface area contributed by atoms with Crippen molar-refractivity contribution < 1.29 is 18.7 Å². The molecule has 2 aliphatic rings. The van der Waals surface area contributed by atoms with Gasteiger partial charge in [-0.25, -0.2) is 0 Å². The monoisotopic (exact) mass is 320 g/mol. The summed E-state index contributed by atoms with van der Waals surface area (Å²) in [5, 5.41) is 0. The fraction of sp³-hybridized carbons (Fsp3) is 0.647. The molecule has 0 spiro atoms. The Balaban J connectivity index is 1.56. The van der Waals surface area contributed by atoms with Gasteiger partial charge in [0.2, 0.25) is 5.91 Å². The van der Waals surface area contributed by atoms with Crippen LogP contribution in [0.25, 0.3) is 0 Å². The van der Waals surface area contributed by atoms with E-state index in [1.807, 2.05) is 23.6 Å². The van der Waals surface area contributed by atoms with Crippen LogP contribution in [0.15, 0.2) is 10.5 Å². The molecule has 0 aromatic carbocycles. The number of carbonyl (C=O) groups excluding carboxylic acids is 2. The summed E-state index contributed by atoms with van der Waals surface area (Å²) in [6, 6.07) is 1.79. The highest BCUT2D eigenvalue weighted by Crippen LogP contribution is 2.23. The van der Waals surface area contributed by atoms with Crippen molar-refractivity contribution in [1.82, 2.24) is 9.80 Å². The Labute approximate surface area is 136 Å². The Morgan fingerprint density at radius 3 is 2.26 bits per heavy atom. The van der Waals surface area contributed by atoms with Gasteiger partial charge in [-0.15, -0.1) is 0 Å². The van der Waals surface area contributed by atoms with E-state index in [1.54, 1.807) is 6.07 Å². The Morgan fingerprint density at radius 1 is 1.04 bits per heavy atom. The second-order valence-corrected chi connectivity index (χ2v) is 6.33. The zero-order chi connectivity index (χ0) is 16.4. The van der Waals surface area contributed by atoms with Crippen molar-refractivity contribution in [1.29, 1.82) is 0 Å². The third-order valence-corrected chi connectivity index (χ3v) is 4.73. The van der Waals surface area contributed by atoms with E-state index in [-0.39, 0.29) is 17.7 Å². The Morgan fingerprint density at radius 2 is 1.70 bits per heavy atom. The van der Waals surface area contributed by atoms with Gasteiger partial charge in [-0.05, 0) is 32.8 Å². The minimum absolute atomic E-state index is 0.0108. The van der Waals surface area contributed by atoms with Crippen molar-refractivity contribution >= 4 is 11.8 Å². The van der Waals surface area contributed by atoms with Crippen LogP contribution in [-0.4, -0.2) is 61.0 Å². The molecule has 1 aromatic heterocycles. The summed E-state index contributed by atoms with van der Waals surface area (Å²) in [5.41, 5.74) is 0.639. The van der Waals surface area contributed by atoms with Crippen LogP contribution in [0.5, 0.6) is 0 Å². The first-order valence-electron chi connectivity index (χ1n) is 8.29. The van der Waals surface area contributed by atoms with Crippen LogP contribution in [0.4, 0.5) is 0 Å². The Hall–Kier alpha value is -1.82. The minimum Gasteiger partial charge on any atom is -0.466 e. The quantitative estimate of drug-likeness (QED) is 0.830. The fourth-order valence-electron chi connectivity index (χ4n) is 3.38. The van der Waals surface area contributed by atoms with Crippen LogP contribution in [-0.2, 0) is 9.53 Å². The van der Waals surface area contributed by atoms with Gasteiger partial charge in [-0.3, -0.25) is 9.59 Å². The van der Waals surface area contributed by atoms with Crippen molar-refractivity contribution in [2.24, 2.45) is 5.92 Å². The molecule has 126 valence electrons. The van der Waals surface area contributed by atoms with Crippen LogP contribution in [0.2, 0.25) is 0 Å². The lowest BCUT2D eigenvalue weighted by Gasteiger charge is -2.35. The second-order valence-electron chi connectivity index (χ2n) is 6.33. The average Bonchev–Trinajstić information content (AvgIpc) is 2.93. The number of carbonyl (C=O) groups is 2. The standard InChI is InChI=1S/C17H24N2O4/c1-12-11-15(13(2)23-12)17(21)18-5-3-14(4-6-18)16(20)19-7-9-22-10-8-19/h11,14H,3-10H2,1-2H3. The van der Waals surface area contributed by atoms with E-state index in [2.05, 4.69) is 0 Å². The number of hydrogen-bond acceptors (Lipinski definition) is 4. The van der Waals surface area contributed by atoms with Crippen LogP contribution in [0.3, 0.4) is 0 Å². The third-order valence-electron chi connectivity index (χ3n) is 4.73. The van der Waals surface area contributed by atoms with Gasteiger partial charge < -0.3 is 19.0 Å². The van der Waals surface area contributed by atoms with Crippen LogP contribution >= 0.6 is 0 Å². The summed E-state index contributed by atoms with van der Waals surface area (Å²) >= 11 is 0. The molecule has 23 heavy (non-hydrogen) atoms. The predicted molar refractivity (Wildman–Crippen MR) is 84.2 cm³/mol. The van der Waals surface area contributed by atoms with E-state index >= 15 is 0 Å². The number of rotatable bonds is 2. The summed E-state index contributed by atoms with van der Waals surface area (Å²) in [5.74, 6) is 1.68. The zero-order valence-corrected chi connectivity index (χ0v) is 13.8. The molecule has 2 fully saturated rings. The maximum absolute atomic E-state index is 12.6. The molecule has 6 nitrogen and oxygen atoms in total. The lowest BCUT2D eigenvalue weighted by Crippen LogP contribution is -2.47.